The van der Waals surface area contributed by atoms with Crippen LogP contribution < -0.4 is 39.7 Å². The van der Waals surface area contributed by atoms with E-state index in [0.29, 0.717) is 71.8 Å². The van der Waals surface area contributed by atoms with Gasteiger partial charge < -0.3 is 74.5 Å². The second kappa shape index (κ2) is 54.5. The van der Waals surface area contributed by atoms with Gasteiger partial charge in [-0.15, -0.1) is 11.8 Å². The lowest BCUT2D eigenvalue weighted by Gasteiger charge is -2.45. The molecule has 0 bridgehead atoms. The molecule has 0 N–H and O–H groups in total. The molecule has 145 heavy (non-hydrogen) atoms. The second-order valence-corrected chi connectivity index (χ2v) is 77.1. The largest absolute Gasteiger partial charge is 0.493 e. The Kier molecular flexibility index (Phi) is 45.8. The van der Waals surface area contributed by atoms with Gasteiger partial charge in [0.15, 0.2) is 41.8 Å². The van der Waals surface area contributed by atoms with E-state index in [1.807, 2.05) is 64.1 Å². The van der Waals surface area contributed by atoms with E-state index >= 15 is 0 Å². The maximum Gasteiger partial charge on any atom is 0.342 e. The molecule has 0 amide bonds. The summed E-state index contributed by atoms with van der Waals surface area (Å²) in [6.45, 7) is 68.1. The summed E-state index contributed by atoms with van der Waals surface area (Å²) in [5, 5.41) is 11.4. The molecule has 2 heterocycles. The zero-order valence-electron chi connectivity index (χ0n) is 93.1. The average molecular weight is 2120 g/mol. The molecule has 2 aliphatic rings. The van der Waals surface area contributed by atoms with Crippen LogP contribution in [0.25, 0.3) is 27.0 Å². The van der Waals surface area contributed by atoms with Gasteiger partial charge in [-0.3, -0.25) is 0 Å². The molecule has 31 heteroatoms. The number of hydrogen-bond acceptors (Lipinski definition) is 21. The summed E-state index contributed by atoms with van der Waals surface area (Å²) in [5.41, 5.74) is 19.5. The van der Waals surface area contributed by atoms with Crippen molar-refractivity contribution in [3.63, 3.8) is 0 Å². The third-order valence-electron chi connectivity index (χ3n) is 27.5. The van der Waals surface area contributed by atoms with E-state index in [9.17, 15) is 9.59 Å². The molecular formula is C114H172N6O18SSi6. The highest BCUT2D eigenvalue weighted by Gasteiger charge is 2.55. The topological polar surface area (TPSA) is 279 Å². The van der Waals surface area contributed by atoms with Crippen molar-refractivity contribution < 1.29 is 84.1 Å². The van der Waals surface area contributed by atoms with E-state index in [1.54, 1.807) is 37.1 Å². The van der Waals surface area contributed by atoms with Gasteiger partial charge in [-0.05, 0) is 212 Å². The van der Waals surface area contributed by atoms with Crippen LogP contribution in [-0.4, -0.2) is 189 Å². The summed E-state index contributed by atoms with van der Waals surface area (Å²) in [6, 6.07) is 61.9. The second-order valence-electron chi connectivity index (χ2n) is 46.6. The molecule has 9 rings (SSSR count). The van der Waals surface area contributed by atoms with Crippen molar-refractivity contribution in [2.45, 2.75) is 339 Å². The number of azide groups is 2. The minimum atomic E-state index is -2.85. The van der Waals surface area contributed by atoms with Crippen molar-refractivity contribution in [1.82, 2.24) is 0 Å². The van der Waals surface area contributed by atoms with E-state index in [-0.39, 0.29) is 108 Å². The fourth-order valence-corrected chi connectivity index (χ4v) is 32.1. The first-order valence-corrected chi connectivity index (χ1v) is 69.5. The van der Waals surface area contributed by atoms with Gasteiger partial charge in [0.25, 0.3) is 16.6 Å². The normalized spacial score (nSPS) is 18.0. The Hall–Kier alpha value is -8.23. The highest BCUT2D eigenvalue weighted by atomic mass is 32.2. The molecular weight excluding hydrogens is 1940 g/mol. The minimum Gasteiger partial charge on any atom is -0.493 e. The predicted octanol–water partition coefficient (Wildman–Crippen LogP) is 27.6. The number of rotatable bonds is 53. The lowest BCUT2D eigenvalue weighted by molar-refractivity contribution is -0.152. The third kappa shape index (κ3) is 35.2. The third-order valence-corrected chi connectivity index (χ3v) is 51.5. The Balaban J connectivity index is 0.000000356. The number of benzene rings is 7. The van der Waals surface area contributed by atoms with Gasteiger partial charge in [0.2, 0.25) is 0 Å². The number of carbonyl (C=O) groups is 2. The van der Waals surface area contributed by atoms with E-state index in [4.69, 9.17) is 85.6 Å². The van der Waals surface area contributed by atoms with E-state index < -0.39 is 110 Å². The monoisotopic (exact) mass is 2110 g/mol. The van der Waals surface area contributed by atoms with Gasteiger partial charge in [0, 0.05) is 86.8 Å². The first-order chi connectivity index (χ1) is 68.0. The number of esters is 2. The van der Waals surface area contributed by atoms with Crippen molar-refractivity contribution in [2.75, 3.05) is 67.3 Å². The van der Waals surface area contributed by atoms with Crippen molar-refractivity contribution in [3.05, 3.63) is 249 Å². The van der Waals surface area contributed by atoms with Crippen LogP contribution in [0.1, 0.15) is 208 Å². The van der Waals surface area contributed by atoms with Crippen molar-refractivity contribution >= 4 is 99.9 Å². The molecule has 0 aromatic heterocycles. The Morgan fingerprint density at radius 2 is 0.800 bits per heavy atom. The van der Waals surface area contributed by atoms with Gasteiger partial charge in [0.05, 0.1) is 50.8 Å². The van der Waals surface area contributed by atoms with E-state index in [2.05, 4.69) is 354 Å². The van der Waals surface area contributed by atoms with Gasteiger partial charge in [0.1, 0.15) is 46.3 Å². The zero-order chi connectivity index (χ0) is 107. The predicted molar refractivity (Wildman–Crippen MR) is 606 cm³/mol. The summed E-state index contributed by atoms with van der Waals surface area (Å²) < 4.78 is 105. The Morgan fingerprint density at radius 3 is 1.18 bits per heavy atom. The molecule has 0 spiro atoms. The lowest BCUT2D eigenvalue weighted by atomic mass is 9.95. The first-order valence-electron chi connectivity index (χ1n) is 51.6. The SMILES string of the molecule is COCOc1ccc(OCCCN=[N+]=[N-])c(/C=C/C[C@@H]2OC(C)(C)O[C@@H]2C(/C=C\[C@@H](C)[C@@H](C)O[Si](c2ccccc2)(c2ccccc2)C(C)(C)C)O[Si](C)(C)C(C)(C)C)c1C(=O)OCC[Si](C)(C)C.COCOc1ccc(OCCCN=[N+]=[N-])c(C(CC[C@@H]2OC(C)(C)O[C@@H]2C(/C=C\[C@@H](C)[C@@H](C)O[Si](c2ccccc2)(c2ccccc2)C(C)(C)C)O[Si](C)(C)C(C)(C)C)Sc2ccccc2)c1C(=O)OCC[Si](C)(C)C. The van der Waals surface area contributed by atoms with Crippen LogP contribution in [0.5, 0.6) is 23.0 Å². The van der Waals surface area contributed by atoms with Crippen LogP contribution >= 0.6 is 11.8 Å². The average Bonchev–Trinajstić information content (AvgIpc) is 0.930. The number of methoxy groups -OCH3 is 2. The van der Waals surface area contributed by atoms with Gasteiger partial charge >= 0.3 is 11.9 Å². The van der Waals surface area contributed by atoms with E-state index in [1.165, 1.54) is 27.9 Å². The first kappa shape index (κ1) is 122. The molecule has 24 nitrogen and oxygen atoms in total. The molecule has 2 saturated heterocycles. The molecule has 2 fully saturated rings. The Morgan fingerprint density at radius 1 is 0.441 bits per heavy atom. The Labute approximate surface area is 878 Å². The van der Waals surface area contributed by atoms with Crippen LogP contribution in [0.4, 0.5) is 0 Å². The number of hydrogen-bond donors (Lipinski definition) is 0. The molecule has 0 radical (unpaired) electrons. The smallest absolute Gasteiger partial charge is 0.342 e. The number of ether oxygens (including phenoxy) is 12. The molecule has 7 aromatic carbocycles. The Bertz CT molecular complexity index is 5280. The van der Waals surface area contributed by atoms with Crippen LogP contribution in [0.15, 0.2) is 221 Å². The van der Waals surface area contributed by atoms with Crippen LogP contribution in [0, 0.1) is 11.8 Å². The van der Waals surface area contributed by atoms with Gasteiger partial charge in [-0.25, -0.2) is 9.59 Å². The molecule has 11 atom stereocenters. The van der Waals surface area contributed by atoms with Crippen LogP contribution in [-0.2, 0) is 55.6 Å². The maximum atomic E-state index is 14.7. The highest BCUT2D eigenvalue weighted by Crippen LogP contribution is 2.51. The van der Waals surface area contributed by atoms with Crippen molar-refractivity contribution in [3.8, 4) is 23.0 Å². The quantitative estimate of drug-likeness (QED) is 0.00394. The fourth-order valence-electron chi connectivity index (χ4n) is 17.3. The molecule has 7 aromatic rings. The maximum absolute atomic E-state index is 14.7. The number of nitrogens with zero attached hydrogens (tertiary/aromatic N) is 6. The molecule has 0 aliphatic carbocycles. The van der Waals surface area contributed by atoms with E-state index in [0.717, 1.165) is 17.0 Å². The molecule has 2 aliphatic heterocycles. The zero-order valence-corrected chi connectivity index (χ0v) is 99.9. The summed E-state index contributed by atoms with van der Waals surface area (Å²) in [4.78, 5) is 35.5. The minimum absolute atomic E-state index is 0.00533. The summed E-state index contributed by atoms with van der Waals surface area (Å²) in [7, 11) is -10.5. The summed E-state index contributed by atoms with van der Waals surface area (Å²) in [6.07, 6.45) is 12.2. The molecule has 0 saturated carbocycles. The van der Waals surface area contributed by atoms with Crippen molar-refractivity contribution in [2.24, 2.45) is 22.1 Å². The fraction of sp³-hybridized carbons (Fsp3) is 0.561. The number of carbonyl (C=O) groups excluding carboxylic acids is 2. The summed E-state index contributed by atoms with van der Waals surface area (Å²) >= 11 is 1.64. The van der Waals surface area contributed by atoms with Crippen LogP contribution in [0.2, 0.25) is 97.7 Å². The number of thioether (sulfide) groups is 1. The lowest BCUT2D eigenvalue weighted by Crippen LogP contribution is -2.67. The highest BCUT2D eigenvalue weighted by molar-refractivity contribution is 7.99. The van der Waals surface area contributed by atoms with Crippen molar-refractivity contribution in [1.29, 1.82) is 0 Å². The van der Waals surface area contributed by atoms with Gasteiger partial charge in [-0.1, -0.05) is 322 Å². The van der Waals surface area contributed by atoms with Crippen LogP contribution in [0.3, 0.4) is 0 Å². The molecule has 796 valence electrons. The van der Waals surface area contributed by atoms with Gasteiger partial charge in [-0.2, -0.15) is 0 Å². The molecule has 3 unspecified atom stereocenters. The standard InChI is InChI=1S/C60H89N3O9SSi3.C54H83N3O9Si3/c1-44(45(2)71-76(59(6,7)8,47-29-22-18-23-30-47)48-31-24-19-25-32-48)33-34-52(72-75(15,16)58(3,4)5)56-51(69-60(9,10)70-56)37-38-53(73-46-27-20-17-21-28-46)54-49(66-40-26-39-62-63-61)35-36-50(68-43-65-11)55(54)57(64)67-41-42-74(12,13)14;1-40(41(2)65-69(53(6,7)8,42-25-19-17-20-26-42)43-27-21-18-22-28-43)31-32-48(66-68(15,16)52(3,4)5)50-47(63-54(9,10)64-50)30-23-29-44-45(60-36-24-35-56-57-55)33-34-46(62-39-59-11)49(44)51(58)61-37-38-67(12,13)14/h17-25,27-36,44-45,51-53,56H,26,37-43H2,1-16H3;17-23,25-29,31-34,40-41,47-48,50H,24,30,35-39H2,1-16H3/b34-33-;29-23+,32-31-/t44-,45-,51+,52?,53?,56+;40-,41-,47+,48?,50+/m11/s1. The summed E-state index contributed by atoms with van der Waals surface area (Å²) in [5.74, 6) is -1.22.